The van der Waals surface area contributed by atoms with Crippen LogP contribution in [-0.4, -0.2) is 30.4 Å². The van der Waals surface area contributed by atoms with Crippen molar-refractivity contribution in [3.8, 4) is 0 Å². The van der Waals surface area contributed by atoms with Gasteiger partial charge < -0.3 is 15.0 Å². The number of aryl methyl sites for hydroxylation is 1. The van der Waals surface area contributed by atoms with E-state index in [9.17, 15) is 9.90 Å². The molecule has 2 aromatic heterocycles. The number of benzene rings is 2. The van der Waals surface area contributed by atoms with Crippen molar-refractivity contribution in [3.63, 3.8) is 0 Å². The van der Waals surface area contributed by atoms with Gasteiger partial charge in [-0.25, -0.2) is 9.48 Å². The van der Waals surface area contributed by atoms with E-state index in [0.717, 1.165) is 23.0 Å². The summed E-state index contributed by atoms with van der Waals surface area (Å²) in [5.74, 6) is -0.589. The first kappa shape index (κ1) is 15.6. The molecule has 0 saturated heterocycles. The number of anilines is 1. The zero-order valence-corrected chi connectivity index (χ0v) is 14.6. The number of nitrogens with zero attached hydrogens (tertiary/aromatic N) is 4. The molecule has 0 radical (unpaired) electrons. The Morgan fingerprint density at radius 3 is 2.81 bits per heavy atom. The molecule has 0 fully saturated rings. The molecule has 5 rings (SSSR count). The Labute approximate surface area is 154 Å². The monoisotopic (exact) mass is 359 g/mol. The van der Waals surface area contributed by atoms with Gasteiger partial charge in [0.1, 0.15) is 18.1 Å². The van der Waals surface area contributed by atoms with Crippen LogP contribution in [0.1, 0.15) is 18.5 Å². The molecule has 0 unspecified atom stereocenters. The first-order valence-corrected chi connectivity index (χ1v) is 8.80. The topological polar surface area (TPSA) is 85.0 Å². The van der Waals surface area contributed by atoms with Crippen LogP contribution in [0.5, 0.6) is 0 Å². The van der Waals surface area contributed by atoms with Crippen LogP contribution in [0.25, 0.3) is 21.8 Å². The predicted molar refractivity (Wildman–Crippen MR) is 103 cm³/mol. The lowest BCUT2D eigenvalue weighted by Crippen LogP contribution is -2.24. The maximum absolute atomic E-state index is 11.5. The molecule has 0 aliphatic carbocycles. The molecule has 1 aliphatic heterocycles. The van der Waals surface area contributed by atoms with Crippen molar-refractivity contribution in [2.75, 3.05) is 5.32 Å². The molecule has 2 N–H and O–H groups in total. The molecule has 27 heavy (non-hydrogen) atoms. The lowest BCUT2D eigenvalue weighted by molar-refractivity contribution is -0.132. The van der Waals surface area contributed by atoms with Crippen LogP contribution in [0, 0.1) is 0 Å². The van der Waals surface area contributed by atoms with Crippen LogP contribution < -0.4 is 5.32 Å². The molecule has 0 saturated carbocycles. The SMILES string of the molecule is CCn1c2ccccc2c2cc([C@@H]3C=C(C(=O)O)Nc4ncnn43)ccc21. The highest BCUT2D eigenvalue weighted by atomic mass is 16.4. The van der Waals surface area contributed by atoms with Crippen molar-refractivity contribution in [1.29, 1.82) is 0 Å². The number of aliphatic carboxylic acids is 1. The Balaban J connectivity index is 1.75. The standard InChI is InChI=1S/C20H17N5O2/c1-2-24-16-6-4-3-5-13(16)14-9-12(7-8-17(14)24)18-10-15(19(26)27)23-20-21-11-22-25(18)20/h3-11,18H,2H2,1H3,(H,26,27)(H,21,22,23)/t18-/m0/s1. The second-order valence-corrected chi connectivity index (χ2v) is 6.52. The number of allylic oxidation sites excluding steroid dienone is 1. The summed E-state index contributed by atoms with van der Waals surface area (Å²) in [6.45, 7) is 3.02. The molecule has 4 aromatic rings. The average molecular weight is 359 g/mol. The number of hydrogen-bond acceptors (Lipinski definition) is 4. The van der Waals surface area contributed by atoms with E-state index in [0.29, 0.717) is 5.95 Å². The van der Waals surface area contributed by atoms with E-state index < -0.39 is 5.97 Å². The summed E-state index contributed by atoms with van der Waals surface area (Å²) in [6, 6.07) is 14.3. The number of carboxylic acids is 1. The number of carbonyl (C=O) groups is 1. The molecule has 0 spiro atoms. The highest BCUT2D eigenvalue weighted by molar-refractivity contribution is 6.08. The molecule has 7 nitrogen and oxygen atoms in total. The van der Waals surface area contributed by atoms with Crippen LogP contribution in [0.2, 0.25) is 0 Å². The van der Waals surface area contributed by atoms with Crippen LogP contribution >= 0.6 is 0 Å². The van der Waals surface area contributed by atoms with Gasteiger partial charge >= 0.3 is 5.97 Å². The highest BCUT2D eigenvalue weighted by Crippen LogP contribution is 2.34. The Bertz CT molecular complexity index is 1230. The number of carboxylic acid groups (broad SMARTS) is 1. The van der Waals surface area contributed by atoms with Crippen molar-refractivity contribution in [2.45, 2.75) is 19.5 Å². The minimum atomic E-state index is -1.02. The van der Waals surface area contributed by atoms with Crippen LogP contribution in [0.4, 0.5) is 5.95 Å². The largest absolute Gasteiger partial charge is 0.477 e. The first-order chi connectivity index (χ1) is 13.2. The van der Waals surface area contributed by atoms with E-state index in [-0.39, 0.29) is 11.7 Å². The number of rotatable bonds is 3. The summed E-state index contributed by atoms with van der Waals surface area (Å²) in [6.07, 6.45) is 3.10. The molecular weight excluding hydrogens is 342 g/mol. The van der Waals surface area contributed by atoms with Crippen molar-refractivity contribution < 1.29 is 9.90 Å². The summed E-state index contributed by atoms with van der Waals surface area (Å²) >= 11 is 0. The van der Waals surface area contributed by atoms with Gasteiger partial charge in [-0.1, -0.05) is 24.3 Å². The molecule has 0 bridgehead atoms. The van der Waals surface area contributed by atoms with E-state index in [1.54, 1.807) is 10.8 Å². The summed E-state index contributed by atoms with van der Waals surface area (Å²) in [4.78, 5) is 15.6. The smallest absolute Gasteiger partial charge is 0.352 e. The summed E-state index contributed by atoms with van der Waals surface area (Å²) in [5, 5.41) is 18.8. The van der Waals surface area contributed by atoms with Crippen molar-refractivity contribution >= 4 is 33.7 Å². The number of fused-ring (bicyclic) bond motifs is 4. The molecule has 1 atom stereocenters. The molecule has 7 heteroatoms. The fourth-order valence-corrected chi connectivity index (χ4v) is 3.89. The minimum Gasteiger partial charge on any atom is -0.477 e. The molecule has 2 aromatic carbocycles. The highest BCUT2D eigenvalue weighted by Gasteiger charge is 2.26. The molecule has 3 heterocycles. The first-order valence-electron chi connectivity index (χ1n) is 8.80. The van der Waals surface area contributed by atoms with Crippen LogP contribution in [0.3, 0.4) is 0 Å². The number of nitrogens with one attached hydrogen (secondary N) is 1. The van der Waals surface area contributed by atoms with Gasteiger partial charge in [0.2, 0.25) is 5.95 Å². The van der Waals surface area contributed by atoms with E-state index >= 15 is 0 Å². The maximum atomic E-state index is 11.5. The van der Waals surface area contributed by atoms with Crippen molar-refractivity contribution in [3.05, 3.63) is 66.1 Å². The van der Waals surface area contributed by atoms with Crippen molar-refractivity contribution in [1.82, 2.24) is 19.3 Å². The third-order valence-corrected chi connectivity index (χ3v) is 5.09. The van der Waals surface area contributed by atoms with Gasteiger partial charge in [-0.3, -0.25) is 0 Å². The quantitative estimate of drug-likeness (QED) is 0.586. The Hall–Kier alpha value is -3.61. The lowest BCUT2D eigenvalue weighted by atomic mass is 10.0. The zero-order valence-electron chi connectivity index (χ0n) is 14.6. The lowest BCUT2D eigenvalue weighted by Gasteiger charge is -2.22. The number of hydrogen-bond donors (Lipinski definition) is 2. The fourth-order valence-electron chi connectivity index (χ4n) is 3.89. The molecule has 0 amide bonds. The maximum Gasteiger partial charge on any atom is 0.352 e. The van der Waals surface area contributed by atoms with E-state index in [1.807, 2.05) is 18.2 Å². The van der Waals surface area contributed by atoms with Gasteiger partial charge in [0, 0.05) is 28.4 Å². The number of aromatic nitrogens is 4. The summed E-state index contributed by atoms with van der Waals surface area (Å²) < 4.78 is 3.99. The Kier molecular flexibility index (Phi) is 3.30. The fraction of sp³-hybridized carbons (Fsp3) is 0.150. The van der Waals surface area contributed by atoms with Gasteiger partial charge in [-0.2, -0.15) is 10.1 Å². The average Bonchev–Trinajstić information content (AvgIpc) is 3.29. The van der Waals surface area contributed by atoms with Crippen LogP contribution in [-0.2, 0) is 11.3 Å². The van der Waals surface area contributed by atoms with Gasteiger partial charge in [0.05, 0.1) is 0 Å². The second-order valence-electron chi connectivity index (χ2n) is 6.52. The number of para-hydroxylation sites is 1. The summed E-state index contributed by atoms with van der Waals surface area (Å²) in [7, 11) is 0. The second kappa shape index (κ2) is 5.70. The normalized spacial score (nSPS) is 16.2. The molecule has 1 aliphatic rings. The van der Waals surface area contributed by atoms with Gasteiger partial charge in [-0.15, -0.1) is 0 Å². The molecular formula is C20H17N5O2. The van der Waals surface area contributed by atoms with Gasteiger partial charge in [-0.05, 0) is 36.8 Å². The summed E-state index contributed by atoms with van der Waals surface area (Å²) in [5.41, 5.74) is 3.43. The third kappa shape index (κ3) is 2.25. The van der Waals surface area contributed by atoms with Crippen LogP contribution in [0.15, 0.2) is 60.6 Å². The minimum absolute atomic E-state index is 0.108. The predicted octanol–water partition coefficient (Wildman–Crippen LogP) is 3.39. The van der Waals surface area contributed by atoms with Crippen molar-refractivity contribution in [2.24, 2.45) is 0 Å². The third-order valence-electron chi connectivity index (χ3n) is 5.09. The van der Waals surface area contributed by atoms with Gasteiger partial charge in [0.25, 0.3) is 0 Å². The Morgan fingerprint density at radius 2 is 2.00 bits per heavy atom. The Morgan fingerprint density at radius 1 is 1.19 bits per heavy atom. The zero-order chi connectivity index (χ0) is 18.5. The van der Waals surface area contributed by atoms with E-state index in [1.165, 1.54) is 17.2 Å². The van der Waals surface area contributed by atoms with E-state index in [2.05, 4.69) is 51.2 Å². The molecule has 134 valence electrons. The van der Waals surface area contributed by atoms with E-state index in [4.69, 9.17) is 0 Å². The van der Waals surface area contributed by atoms with Gasteiger partial charge in [0.15, 0.2) is 0 Å².